The maximum absolute atomic E-state index is 14.0. The zero-order valence-electron chi connectivity index (χ0n) is 17.4. The highest BCUT2D eigenvalue weighted by atomic mass is 32.1. The lowest BCUT2D eigenvalue weighted by Crippen LogP contribution is -2.37. The fourth-order valence-corrected chi connectivity index (χ4v) is 3.94. The highest BCUT2D eigenvalue weighted by Crippen LogP contribution is 2.31. The van der Waals surface area contributed by atoms with E-state index in [2.05, 4.69) is 20.1 Å². The second-order valence-electron chi connectivity index (χ2n) is 6.98. The standard InChI is InChI=1S/C19H14F4N6O4S/c1-27-12-5-24-29(14(12)16(31)28(2)19(27)32)6-13(30)26-18-25-11(7-34-18)8-3-9(20)15(10(21)4-8)33-17(22)23/h3-5,7,17H,6H2,1-2H3,(H,25,26,30). The Morgan fingerprint density at radius 3 is 2.50 bits per heavy atom. The number of thiazole rings is 1. The van der Waals surface area contributed by atoms with E-state index in [1.54, 1.807) is 0 Å². The van der Waals surface area contributed by atoms with Gasteiger partial charge in [0, 0.05) is 25.0 Å². The number of aryl methyl sites for hydroxylation is 1. The zero-order valence-corrected chi connectivity index (χ0v) is 18.2. The zero-order chi connectivity index (χ0) is 24.7. The first-order valence-corrected chi connectivity index (χ1v) is 10.3. The molecule has 1 amide bonds. The van der Waals surface area contributed by atoms with Gasteiger partial charge >= 0.3 is 12.3 Å². The topological polar surface area (TPSA) is 113 Å². The molecular weight excluding hydrogens is 484 g/mol. The van der Waals surface area contributed by atoms with Crippen LogP contribution in [0.25, 0.3) is 22.3 Å². The van der Waals surface area contributed by atoms with E-state index in [-0.39, 0.29) is 34.0 Å². The number of rotatable bonds is 6. The fraction of sp³-hybridized carbons (Fsp3) is 0.211. The second kappa shape index (κ2) is 8.74. The lowest BCUT2D eigenvalue weighted by molar-refractivity contribution is -0.116. The van der Waals surface area contributed by atoms with Crippen molar-refractivity contribution in [3.8, 4) is 17.0 Å². The molecule has 4 rings (SSSR count). The van der Waals surface area contributed by atoms with Crippen LogP contribution < -0.4 is 21.3 Å². The molecular formula is C19H14F4N6O4S. The molecule has 15 heteroatoms. The molecule has 0 radical (unpaired) electrons. The van der Waals surface area contributed by atoms with E-state index >= 15 is 0 Å². The molecule has 0 aliphatic heterocycles. The average Bonchev–Trinajstić information content (AvgIpc) is 3.40. The van der Waals surface area contributed by atoms with Crippen LogP contribution in [0.1, 0.15) is 0 Å². The van der Waals surface area contributed by atoms with E-state index in [0.29, 0.717) is 0 Å². The molecule has 0 atom stereocenters. The van der Waals surface area contributed by atoms with Crippen LogP contribution in [0.4, 0.5) is 22.7 Å². The molecule has 1 aromatic carbocycles. The predicted octanol–water partition coefficient (Wildman–Crippen LogP) is 2.08. The normalized spacial score (nSPS) is 11.4. The van der Waals surface area contributed by atoms with E-state index in [4.69, 9.17) is 0 Å². The van der Waals surface area contributed by atoms with Crippen molar-refractivity contribution in [3.63, 3.8) is 0 Å². The van der Waals surface area contributed by atoms with Gasteiger partial charge in [-0.2, -0.15) is 13.9 Å². The number of halogens is 4. The van der Waals surface area contributed by atoms with Crippen molar-refractivity contribution in [2.45, 2.75) is 13.2 Å². The minimum absolute atomic E-state index is 0.0524. The van der Waals surface area contributed by atoms with E-state index < -0.39 is 41.2 Å². The molecule has 3 aromatic heterocycles. The van der Waals surface area contributed by atoms with Gasteiger partial charge in [-0.1, -0.05) is 0 Å². The summed E-state index contributed by atoms with van der Waals surface area (Å²) in [5.41, 5.74) is -0.843. The Morgan fingerprint density at radius 1 is 1.18 bits per heavy atom. The number of fused-ring (bicyclic) bond motifs is 1. The molecule has 0 unspecified atom stereocenters. The summed E-state index contributed by atoms with van der Waals surface area (Å²) in [6.07, 6.45) is 1.29. The molecule has 10 nitrogen and oxygen atoms in total. The molecule has 178 valence electrons. The molecule has 34 heavy (non-hydrogen) atoms. The monoisotopic (exact) mass is 498 g/mol. The Hall–Kier alpha value is -4.01. The number of benzene rings is 1. The average molecular weight is 498 g/mol. The Kier molecular flexibility index (Phi) is 5.95. The molecule has 0 saturated heterocycles. The van der Waals surface area contributed by atoms with Crippen LogP contribution >= 0.6 is 11.3 Å². The number of carbonyl (C=O) groups is 1. The molecule has 0 spiro atoms. The van der Waals surface area contributed by atoms with Crippen LogP contribution in [-0.4, -0.2) is 36.4 Å². The fourth-order valence-electron chi connectivity index (χ4n) is 3.20. The van der Waals surface area contributed by atoms with Gasteiger partial charge in [0.1, 0.15) is 6.54 Å². The minimum Gasteiger partial charge on any atom is -0.429 e. The maximum atomic E-state index is 14.0. The summed E-state index contributed by atoms with van der Waals surface area (Å²) in [7, 11) is 2.77. The number of nitrogens with one attached hydrogen (secondary N) is 1. The van der Waals surface area contributed by atoms with Crippen LogP contribution in [0.5, 0.6) is 5.75 Å². The first-order chi connectivity index (χ1) is 16.1. The summed E-state index contributed by atoms with van der Waals surface area (Å²) in [6.45, 7) is -3.78. The first kappa shape index (κ1) is 23.2. The number of amides is 1. The van der Waals surface area contributed by atoms with Crippen LogP contribution in [0.3, 0.4) is 0 Å². The van der Waals surface area contributed by atoms with Crippen molar-refractivity contribution < 1.29 is 27.1 Å². The predicted molar refractivity (Wildman–Crippen MR) is 113 cm³/mol. The van der Waals surface area contributed by atoms with Gasteiger partial charge in [0.25, 0.3) is 5.56 Å². The summed E-state index contributed by atoms with van der Waals surface area (Å²) < 4.78 is 59.6. The number of nitrogens with zero attached hydrogens (tertiary/aromatic N) is 5. The van der Waals surface area contributed by atoms with Crippen LogP contribution in [0.15, 0.2) is 33.3 Å². The minimum atomic E-state index is -3.40. The smallest absolute Gasteiger partial charge is 0.387 e. The van der Waals surface area contributed by atoms with Crippen molar-refractivity contribution in [2.75, 3.05) is 5.32 Å². The number of aromatic nitrogens is 5. The number of hydrogen-bond acceptors (Lipinski definition) is 7. The second-order valence-corrected chi connectivity index (χ2v) is 7.83. The number of hydrogen-bond donors (Lipinski definition) is 1. The first-order valence-electron chi connectivity index (χ1n) is 9.38. The van der Waals surface area contributed by atoms with Gasteiger partial charge in [0.05, 0.1) is 17.4 Å². The molecule has 0 fully saturated rings. The van der Waals surface area contributed by atoms with Gasteiger partial charge in [0.15, 0.2) is 28.0 Å². The summed E-state index contributed by atoms with van der Waals surface area (Å²) in [4.78, 5) is 41.0. The van der Waals surface area contributed by atoms with Gasteiger partial charge < -0.3 is 10.1 Å². The molecule has 0 saturated carbocycles. The van der Waals surface area contributed by atoms with Crippen LogP contribution in [0.2, 0.25) is 0 Å². The van der Waals surface area contributed by atoms with Gasteiger partial charge in [0.2, 0.25) is 5.91 Å². The third-order valence-corrected chi connectivity index (χ3v) is 5.57. The summed E-state index contributed by atoms with van der Waals surface area (Å²) in [5, 5.41) is 7.95. The molecule has 1 N–H and O–H groups in total. The van der Waals surface area contributed by atoms with Crippen LogP contribution in [-0.2, 0) is 25.4 Å². The number of anilines is 1. The number of alkyl halides is 2. The summed E-state index contributed by atoms with van der Waals surface area (Å²) in [5.74, 6) is -4.50. The van der Waals surface area contributed by atoms with E-state index in [9.17, 15) is 31.9 Å². The number of ether oxygens (including phenoxy) is 1. The Labute approximate surface area is 190 Å². The van der Waals surface area contributed by atoms with Crippen molar-refractivity contribution in [1.82, 2.24) is 23.9 Å². The summed E-state index contributed by atoms with van der Waals surface area (Å²) >= 11 is 0.945. The van der Waals surface area contributed by atoms with Gasteiger partial charge in [-0.25, -0.2) is 23.2 Å². The molecule has 4 aromatic rings. The lowest BCUT2D eigenvalue weighted by atomic mass is 10.1. The third kappa shape index (κ3) is 4.16. The third-order valence-electron chi connectivity index (χ3n) is 4.81. The van der Waals surface area contributed by atoms with Crippen molar-refractivity contribution in [1.29, 1.82) is 0 Å². The Morgan fingerprint density at radius 2 is 1.85 bits per heavy atom. The van der Waals surface area contributed by atoms with Crippen molar-refractivity contribution in [2.24, 2.45) is 14.1 Å². The maximum Gasteiger partial charge on any atom is 0.387 e. The SMILES string of the molecule is Cn1c(=O)c2c(cnn2CC(=O)Nc2nc(-c3cc(F)c(OC(F)F)c(F)c3)cs2)n(C)c1=O. The Bertz CT molecular complexity index is 1520. The van der Waals surface area contributed by atoms with E-state index in [0.717, 1.165) is 32.7 Å². The quantitative estimate of drug-likeness (QED) is 0.408. The molecule has 0 aliphatic rings. The number of carbonyl (C=O) groups excluding carboxylic acids is 1. The van der Waals surface area contributed by atoms with Gasteiger partial charge in [-0.3, -0.25) is 18.7 Å². The molecule has 0 aliphatic carbocycles. The van der Waals surface area contributed by atoms with Gasteiger partial charge in [-0.15, -0.1) is 11.3 Å². The van der Waals surface area contributed by atoms with Gasteiger partial charge in [-0.05, 0) is 12.1 Å². The summed E-state index contributed by atoms with van der Waals surface area (Å²) in [6, 6.07) is 1.55. The largest absolute Gasteiger partial charge is 0.429 e. The highest BCUT2D eigenvalue weighted by molar-refractivity contribution is 7.14. The van der Waals surface area contributed by atoms with E-state index in [1.807, 2.05) is 0 Å². The highest BCUT2D eigenvalue weighted by Gasteiger charge is 2.20. The van der Waals surface area contributed by atoms with Crippen LogP contribution in [0, 0.1) is 11.6 Å². The van der Waals surface area contributed by atoms with Crippen molar-refractivity contribution >= 4 is 33.4 Å². The van der Waals surface area contributed by atoms with Crippen molar-refractivity contribution in [3.05, 3.63) is 56.2 Å². The molecule has 0 bridgehead atoms. The molecule has 3 heterocycles. The van der Waals surface area contributed by atoms with E-state index in [1.165, 1.54) is 30.2 Å². The lowest BCUT2D eigenvalue weighted by Gasteiger charge is -2.08. The Balaban J connectivity index is 1.54.